The van der Waals surface area contributed by atoms with E-state index >= 15 is 0 Å². The molecule has 2 heterocycles. The molecule has 0 fully saturated rings. The smallest absolute Gasteiger partial charge is 0.268 e. The third-order valence-electron chi connectivity index (χ3n) is 3.10. The Morgan fingerprint density at radius 3 is 3.04 bits per heavy atom. The van der Waals surface area contributed by atoms with Gasteiger partial charge in [0.05, 0.1) is 11.4 Å². The molecule has 0 spiro atoms. The van der Waals surface area contributed by atoms with Crippen molar-refractivity contribution in [3.63, 3.8) is 0 Å². The Bertz CT molecular complexity index is 820. The van der Waals surface area contributed by atoms with E-state index in [-0.39, 0.29) is 12.5 Å². The number of benzene rings is 1. The van der Waals surface area contributed by atoms with Crippen LogP contribution < -0.4 is 10.1 Å². The van der Waals surface area contributed by atoms with Gasteiger partial charge in [0.1, 0.15) is 5.75 Å². The van der Waals surface area contributed by atoms with Crippen LogP contribution in [0.15, 0.2) is 46.3 Å². The largest absolute Gasteiger partial charge is 0.481 e. The summed E-state index contributed by atoms with van der Waals surface area (Å²) in [5, 5.41) is 9.04. The molecule has 1 N–H and O–H groups in total. The molecule has 0 saturated heterocycles. The predicted octanol–water partition coefficient (Wildman–Crippen LogP) is 3.54. The molecule has 3 aromatic rings. The predicted molar refractivity (Wildman–Crippen MR) is 91.0 cm³/mol. The molecule has 1 amide bonds. The maximum absolute atomic E-state index is 12.1. The van der Waals surface area contributed by atoms with Crippen LogP contribution in [0.25, 0.3) is 10.8 Å². The number of ether oxygens (including phenoxy) is 1. The van der Waals surface area contributed by atoms with Crippen LogP contribution >= 0.6 is 22.9 Å². The minimum absolute atomic E-state index is 0.164. The summed E-state index contributed by atoms with van der Waals surface area (Å²) in [6, 6.07) is 10.7. The highest BCUT2D eigenvalue weighted by Crippen LogP contribution is 2.22. The van der Waals surface area contributed by atoms with Crippen molar-refractivity contribution in [1.29, 1.82) is 0 Å². The number of carbonyl (C=O) groups is 1. The van der Waals surface area contributed by atoms with E-state index in [4.69, 9.17) is 20.9 Å². The molecule has 0 unspecified atom stereocenters. The van der Waals surface area contributed by atoms with Gasteiger partial charge in [-0.2, -0.15) is 4.98 Å². The summed E-state index contributed by atoms with van der Waals surface area (Å²) < 4.78 is 10.7. The van der Waals surface area contributed by atoms with Gasteiger partial charge >= 0.3 is 0 Å². The molecule has 8 heteroatoms. The van der Waals surface area contributed by atoms with Crippen LogP contribution in [0, 0.1) is 0 Å². The summed E-state index contributed by atoms with van der Waals surface area (Å²) >= 11 is 7.39. The van der Waals surface area contributed by atoms with E-state index in [9.17, 15) is 4.79 Å². The van der Waals surface area contributed by atoms with Crippen molar-refractivity contribution in [2.24, 2.45) is 0 Å². The number of amides is 1. The zero-order valence-electron chi connectivity index (χ0n) is 12.7. The van der Waals surface area contributed by atoms with E-state index in [0.717, 1.165) is 4.88 Å². The number of rotatable bonds is 6. The van der Waals surface area contributed by atoms with Gasteiger partial charge in [-0.25, -0.2) is 0 Å². The highest BCUT2D eigenvalue weighted by atomic mass is 35.5. The van der Waals surface area contributed by atoms with Gasteiger partial charge in [-0.1, -0.05) is 28.9 Å². The number of nitrogens with zero attached hydrogens (tertiary/aromatic N) is 2. The number of thiophene rings is 1. The van der Waals surface area contributed by atoms with E-state index in [0.29, 0.717) is 22.5 Å². The molecule has 2 aromatic heterocycles. The second-order valence-electron chi connectivity index (χ2n) is 4.93. The SMILES string of the molecule is C[C@@H](Oc1cccc(Cl)c1)C(=O)NCc1noc(-c2cccs2)n1. The molecule has 0 radical (unpaired) electrons. The van der Waals surface area contributed by atoms with Crippen LogP contribution in [0.4, 0.5) is 0 Å². The van der Waals surface area contributed by atoms with Gasteiger partial charge in [-0.05, 0) is 36.6 Å². The lowest BCUT2D eigenvalue weighted by Gasteiger charge is -2.14. The maximum atomic E-state index is 12.1. The standard InChI is InChI=1S/C16H14ClN3O3S/c1-10(22-12-5-2-4-11(17)8-12)15(21)18-9-14-19-16(23-20-14)13-6-3-7-24-13/h2-8,10H,9H2,1H3,(H,18,21)/t10-/m1/s1. The third kappa shape index (κ3) is 4.12. The van der Waals surface area contributed by atoms with Crippen LogP contribution in [0.3, 0.4) is 0 Å². The van der Waals surface area contributed by atoms with Crippen LogP contribution in [-0.2, 0) is 11.3 Å². The first kappa shape index (κ1) is 16.5. The summed E-state index contributed by atoms with van der Waals surface area (Å²) in [7, 11) is 0. The topological polar surface area (TPSA) is 77.2 Å². The monoisotopic (exact) mass is 363 g/mol. The zero-order valence-corrected chi connectivity index (χ0v) is 14.3. The fraction of sp³-hybridized carbons (Fsp3) is 0.188. The van der Waals surface area contributed by atoms with Crippen molar-refractivity contribution in [3.8, 4) is 16.5 Å². The molecule has 0 aliphatic rings. The average Bonchev–Trinajstić information content (AvgIpc) is 3.23. The van der Waals surface area contributed by atoms with Crippen LogP contribution in [-0.4, -0.2) is 22.2 Å². The highest BCUT2D eigenvalue weighted by molar-refractivity contribution is 7.13. The van der Waals surface area contributed by atoms with E-state index in [1.54, 1.807) is 31.2 Å². The highest BCUT2D eigenvalue weighted by Gasteiger charge is 2.16. The van der Waals surface area contributed by atoms with Crippen molar-refractivity contribution in [2.75, 3.05) is 0 Å². The molecule has 0 aliphatic heterocycles. The van der Waals surface area contributed by atoms with Crippen molar-refractivity contribution in [3.05, 3.63) is 52.6 Å². The fourth-order valence-corrected chi connectivity index (χ4v) is 2.76. The molecule has 124 valence electrons. The number of halogens is 1. The van der Waals surface area contributed by atoms with Gasteiger partial charge in [-0.15, -0.1) is 11.3 Å². The first-order valence-electron chi connectivity index (χ1n) is 7.18. The molecule has 1 aromatic carbocycles. The molecule has 0 aliphatic carbocycles. The third-order valence-corrected chi connectivity index (χ3v) is 4.19. The minimum Gasteiger partial charge on any atom is -0.481 e. The van der Waals surface area contributed by atoms with Crippen molar-refractivity contribution in [1.82, 2.24) is 15.5 Å². The first-order chi connectivity index (χ1) is 11.6. The summed E-state index contributed by atoms with van der Waals surface area (Å²) in [6.07, 6.45) is -0.674. The normalized spacial score (nSPS) is 11.9. The van der Waals surface area contributed by atoms with Gasteiger partial charge in [0.2, 0.25) is 0 Å². The van der Waals surface area contributed by atoms with Crippen molar-refractivity contribution in [2.45, 2.75) is 19.6 Å². The molecule has 6 nitrogen and oxygen atoms in total. The lowest BCUT2D eigenvalue weighted by atomic mass is 10.3. The van der Waals surface area contributed by atoms with Gasteiger partial charge in [-0.3, -0.25) is 4.79 Å². The van der Waals surface area contributed by atoms with Crippen LogP contribution in [0.1, 0.15) is 12.7 Å². The maximum Gasteiger partial charge on any atom is 0.268 e. The molecule has 1 atom stereocenters. The van der Waals surface area contributed by atoms with E-state index < -0.39 is 6.10 Å². The van der Waals surface area contributed by atoms with Crippen LogP contribution in [0.5, 0.6) is 5.75 Å². The van der Waals surface area contributed by atoms with Crippen LogP contribution in [0.2, 0.25) is 5.02 Å². The molecule has 3 rings (SSSR count). The second kappa shape index (κ2) is 7.46. The van der Waals surface area contributed by atoms with Gasteiger partial charge in [0, 0.05) is 5.02 Å². The summed E-state index contributed by atoms with van der Waals surface area (Å²) in [5.41, 5.74) is 0. The molecular weight excluding hydrogens is 350 g/mol. The number of nitrogens with one attached hydrogen (secondary N) is 1. The summed E-state index contributed by atoms with van der Waals surface area (Å²) in [4.78, 5) is 17.2. The van der Waals surface area contributed by atoms with Gasteiger partial charge in [0.15, 0.2) is 11.9 Å². The van der Waals surface area contributed by atoms with Gasteiger partial charge < -0.3 is 14.6 Å². The Morgan fingerprint density at radius 1 is 1.42 bits per heavy atom. The number of hydrogen-bond acceptors (Lipinski definition) is 6. The summed E-state index contributed by atoms with van der Waals surface area (Å²) in [6.45, 7) is 1.82. The fourth-order valence-electron chi connectivity index (χ4n) is 1.93. The zero-order chi connectivity index (χ0) is 16.9. The Hall–Kier alpha value is -2.38. The number of hydrogen-bond donors (Lipinski definition) is 1. The van der Waals surface area contributed by atoms with Crippen molar-refractivity contribution >= 4 is 28.8 Å². The molecule has 0 saturated carbocycles. The Kier molecular flexibility index (Phi) is 5.12. The molecule has 24 heavy (non-hydrogen) atoms. The quantitative estimate of drug-likeness (QED) is 0.724. The Morgan fingerprint density at radius 2 is 2.29 bits per heavy atom. The second-order valence-corrected chi connectivity index (χ2v) is 6.31. The van der Waals surface area contributed by atoms with Crippen molar-refractivity contribution < 1.29 is 14.1 Å². The minimum atomic E-state index is -0.674. The number of aromatic nitrogens is 2. The van der Waals surface area contributed by atoms with E-state index in [2.05, 4.69) is 15.5 Å². The van der Waals surface area contributed by atoms with E-state index in [1.807, 2.05) is 17.5 Å². The summed E-state index contributed by atoms with van der Waals surface area (Å²) in [5.74, 6) is 1.10. The average molecular weight is 364 g/mol. The Balaban J connectivity index is 1.53. The lowest BCUT2D eigenvalue weighted by Crippen LogP contribution is -2.36. The first-order valence-corrected chi connectivity index (χ1v) is 8.44. The number of carbonyl (C=O) groups excluding carboxylic acids is 1. The molecule has 0 bridgehead atoms. The van der Waals surface area contributed by atoms with Gasteiger partial charge in [0.25, 0.3) is 11.8 Å². The molecular formula is C16H14ClN3O3S. The van der Waals surface area contributed by atoms with E-state index in [1.165, 1.54) is 11.3 Å². The lowest BCUT2D eigenvalue weighted by molar-refractivity contribution is -0.127. The Labute approximate surface area is 147 Å².